The van der Waals surface area contributed by atoms with Gasteiger partial charge in [0.2, 0.25) is 0 Å². The number of fused-ring (bicyclic) bond motifs is 9. The van der Waals surface area contributed by atoms with Gasteiger partial charge in [0.25, 0.3) is 0 Å². The van der Waals surface area contributed by atoms with Gasteiger partial charge in [0, 0.05) is 27.6 Å². The lowest BCUT2D eigenvalue weighted by molar-refractivity contribution is 0.590. The zero-order chi connectivity index (χ0) is 50.2. The molecule has 356 valence electrons. The minimum absolute atomic E-state index is 0.0961. The largest absolute Gasteiger partial charge is 0.310 e. The van der Waals surface area contributed by atoms with Gasteiger partial charge in [-0.1, -0.05) is 202 Å². The second-order valence-corrected chi connectivity index (χ2v) is 23.5. The molecule has 0 radical (unpaired) electrons. The van der Waals surface area contributed by atoms with Crippen LogP contribution in [-0.4, -0.2) is 0 Å². The highest BCUT2D eigenvalue weighted by Gasteiger charge is 2.43. The fourth-order valence-corrected chi connectivity index (χ4v) is 12.7. The van der Waals surface area contributed by atoms with E-state index in [0.29, 0.717) is 0 Å². The molecule has 0 aromatic heterocycles. The summed E-state index contributed by atoms with van der Waals surface area (Å²) in [5.41, 5.74) is 24.0. The second-order valence-electron chi connectivity index (χ2n) is 23.5. The van der Waals surface area contributed by atoms with Crippen LogP contribution in [-0.2, 0) is 21.7 Å². The molecular weight excluding hydrogens is 881 g/mol. The number of benzene rings is 10. The first-order chi connectivity index (χ1) is 35.1. The maximum Gasteiger partial charge on any atom is 0.0506 e. The fraction of sp³-hybridized carbons (Fsp3) is 0.183. The van der Waals surface area contributed by atoms with E-state index in [1.54, 1.807) is 0 Å². The number of hydrogen-bond acceptors (Lipinski definition) is 2. The van der Waals surface area contributed by atoms with E-state index >= 15 is 0 Å². The maximum absolute atomic E-state index is 2.52. The summed E-state index contributed by atoms with van der Waals surface area (Å²) in [4.78, 5) is 4.96. The van der Waals surface area contributed by atoms with E-state index in [-0.39, 0.29) is 21.7 Å². The molecule has 3 aliphatic rings. The summed E-state index contributed by atoms with van der Waals surface area (Å²) in [5.74, 6) is 0. The van der Waals surface area contributed by atoms with Crippen molar-refractivity contribution in [1.29, 1.82) is 0 Å². The van der Waals surface area contributed by atoms with Gasteiger partial charge in [0.15, 0.2) is 0 Å². The number of anilines is 6. The van der Waals surface area contributed by atoms with Crippen molar-refractivity contribution in [2.45, 2.75) is 84.0 Å². The number of hydrogen-bond donors (Lipinski definition) is 0. The van der Waals surface area contributed by atoms with Crippen molar-refractivity contribution < 1.29 is 0 Å². The highest BCUT2D eigenvalue weighted by atomic mass is 15.2. The molecule has 0 spiro atoms. The third kappa shape index (κ3) is 7.05. The molecular formula is C71H62N2. The van der Waals surface area contributed by atoms with Gasteiger partial charge in [-0.2, -0.15) is 0 Å². The van der Waals surface area contributed by atoms with Crippen molar-refractivity contribution in [3.8, 4) is 22.3 Å². The summed E-state index contributed by atoms with van der Waals surface area (Å²) in [6.07, 6.45) is 4.56. The summed E-state index contributed by atoms with van der Waals surface area (Å²) >= 11 is 0. The van der Waals surface area contributed by atoms with Crippen LogP contribution in [0.1, 0.15) is 112 Å². The summed E-state index contributed by atoms with van der Waals surface area (Å²) in [6.45, 7) is 21.2. The van der Waals surface area contributed by atoms with Crippen LogP contribution in [0.25, 0.3) is 56.0 Å². The zero-order valence-corrected chi connectivity index (χ0v) is 43.6. The monoisotopic (exact) mass is 942 g/mol. The Morgan fingerprint density at radius 3 is 1.53 bits per heavy atom. The van der Waals surface area contributed by atoms with Crippen molar-refractivity contribution in [3.63, 3.8) is 0 Å². The molecule has 0 unspecified atom stereocenters. The minimum atomic E-state index is -0.184. The Labute approximate surface area is 431 Å². The number of nitrogens with zero attached hydrogens (tertiary/aromatic N) is 2. The Morgan fingerprint density at radius 1 is 0.329 bits per heavy atom. The van der Waals surface area contributed by atoms with Crippen LogP contribution < -0.4 is 9.80 Å². The first-order valence-electron chi connectivity index (χ1n) is 26.2. The number of para-hydroxylation sites is 2. The highest BCUT2D eigenvalue weighted by Crippen LogP contribution is 2.58. The molecule has 0 saturated heterocycles. The van der Waals surface area contributed by atoms with Crippen LogP contribution in [0.5, 0.6) is 0 Å². The predicted molar refractivity (Wildman–Crippen MR) is 312 cm³/mol. The first-order valence-corrected chi connectivity index (χ1v) is 26.2. The summed E-state index contributed by atoms with van der Waals surface area (Å²) < 4.78 is 0. The van der Waals surface area contributed by atoms with Crippen molar-refractivity contribution in [2.75, 3.05) is 9.80 Å². The normalized spacial score (nSPS) is 15.7. The smallest absolute Gasteiger partial charge is 0.0506 e. The Bertz CT molecular complexity index is 3930. The molecule has 73 heavy (non-hydrogen) atoms. The molecule has 0 atom stereocenters. The Hall–Kier alpha value is -7.94. The van der Waals surface area contributed by atoms with Crippen LogP contribution in [0, 0.1) is 0 Å². The fourth-order valence-electron chi connectivity index (χ4n) is 12.7. The molecule has 2 heterocycles. The molecule has 13 rings (SSSR count). The van der Waals surface area contributed by atoms with Crippen LogP contribution in [0.15, 0.2) is 200 Å². The SMILES string of the molecule is CC(C)(C)c1ccc(N2c3ccccc3C(C)(C)c3cc(-c4ccc5cc(/C=C/c6ccc7c(c6)C(C)(C)c6cc8c(cc6-7)C(C)(C)c6ccccc6N8c6ccc7ccccc7c6)ccc5c4)ccc32)cc1. The van der Waals surface area contributed by atoms with Gasteiger partial charge >= 0.3 is 0 Å². The highest BCUT2D eigenvalue weighted by molar-refractivity contribution is 5.96. The predicted octanol–water partition coefficient (Wildman–Crippen LogP) is 19.7. The number of rotatable bonds is 5. The Kier molecular flexibility index (Phi) is 9.87. The molecule has 0 saturated carbocycles. The molecule has 2 heteroatoms. The lowest BCUT2D eigenvalue weighted by Gasteiger charge is -2.43. The Morgan fingerprint density at radius 2 is 0.822 bits per heavy atom. The first kappa shape index (κ1) is 45.0. The average Bonchev–Trinajstić information content (AvgIpc) is 3.61. The van der Waals surface area contributed by atoms with Crippen LogP contribution in [0.4, 0.5) is 34.1 Å². The van der Waals surface area contributed by atoms with E-state index in [2.05, 4.69) is 284 Å². The third-order valence-corrected chi connectivity index (χ3v) is 16.9. The van der Waals surface area contributed by atoms with Crippen LogP contribution in [0.2, 0.25) is 0 Å². The lowest BCUT2D eigenvalue weighted by Crippen LogP contribution is -2.31. The van der Waals surface area contributed by atoms with Crippen LogP contribution >= 0.6 is 0 Å². The van der Waals surface area contributed by atoms with E-state index < -0.39 is 0 Å². The molecule has 2 aliphatic heterocycles. The van der Waals surface area contributed by atoms with Gasteiger partial charge in [-0.3, -0.25) is 0 Å². The maximum atomic E-state index is 2.52. The van der Waals surface area contributed by atoms with E-state index in [1.807, 2.05) is 0 Å². The quantitative estimate of drug-likeness (QED) is 0.159. The van der Waals surface area contributed by atoms with Gasteiger partial charge in [-0.05, 0) is 172 Å². The van der Waals surface area contributed by atoms with Gasteiger partial charge in [-0.15, -0.1) is 0 Å². The topological polar surface area (TPSA) is 6.48 Å². The molecule has 2 nitrogen and oxygen atoms in total. The third-order valence-electron chi connectivity index (χ3n) is 16.9. The molecule has 0 N–H and O–H groups in total. The molecule has 0 amide bonds. The molecule has 0 fully saturated rings. The van der Waals surface area contributed by atoms with Gasteiger partial charge < -0.3 is 9.80 Å². The average molecular weight is 943 g/mol. The van der Waals surface area contributed by atoms with Crippen molar-refractivity contribution in [2.24, 2.45) is 0 Å². The van der Waals surface area contributed by atoms with E-state index in [4.69, 9.17) is 0 Å². The van der Waals surface area contributed by atoms with Gasteiger partial charge in [0.1, 0.15) is 0 Å². The van der Waals surface area contributed by atoms with Crippen molar-refractivity contribution in [1.82, 2.24) is 0 Å². The van der Waals surface area contributed by atoms with E-state index in [9.17, 15) is 0 Å². The van der Waals surface area contributed by atoms with E-state index in [1.165, 1.54) is 128 Å². The minimum Gasteiger partial charge on any atom is -0.310 e. The molecule has 10 aromatic rings. The van der Waals surface area contributed by atoms with Crippen molar-refractivity contribution >= 4 is 67.8 Å². The van der Waals surface area contributed by atoms with Gasteiger partial charge in [-0.25, -0.2) is 0 Å². The summed E-state index contributed by atoms with van der Waals surface area (Å²) in [5, 5.41) is 4.98. The summed E-state index contributed by atoms with van der Waals surface area (Å²) in [7, 11) is 0. The zero-order valence-electron chi connectivity index (χ0n) is 43.6. The molecule has 10 aromatic carbocycles. The Balaban J connectivity index is 0.800. The standard InChI is InChI=1S/C71H62N2/c1-68(2,3)53-31-34-54(35-32-53)72-64-20-14-12-18-58(64)69(4,5)62-42-52(30-37-66(62)72)51-28-27-49-38-45(24-26-50(49)40-51)22-23-46-25-36-56-57-43-63-67(44-61(57)71(8,9)60(56)39-46)73(65-21-15-13-19-59(65)70(63,6)7)55-33-29-47-16-10-11-17-48(47)41-55/h10-44H,1-9H3/b23-22+. The molecule has 1 aliphatic carbocycles. The van der Waals surface area contributed by atoms with E-state index in [0.717, 1.165) is 0 Å². The van der Waals surface area contributed by atoms with Crippen LogP contribution in [0.3, 0.4) is 0 Å². The lowest BCUT2D eigenvalue weighted by atomic mass is 9.71. The summed E-state index contributed by atoms with van der Waals surface area (Å²) in [6, 6.07) is 75.7. The van der Waals surface area contributed by atoms with Crippen molar-refractivity contribution in [3.05, 3.63) is 250 Å². The molecule has 0 bridgehead atoms. The van der Waals surface area contributed by atoms with Gasteiger partial charge in [0.05, 0.1) is 22.7 Å². The second kappa shape index (κ2) is 16.0.